The average molecular weight is 198 g/mol. The molecule has 2 rings (SSSR count). The Kier molecular flexibility index (Phi) is 2.62. The molecule has 0 aliphatic carbocycles. The molecule has 0 unspecified atom stereocenters. The van der Waals surface area contributed by atoms with E-state index in [0.29, 0.717) is 0 Å². The summed E-state index contributed by atoms with van der Waals surface area (Å²) in [6.45, 7) is 4.80. The number of hydrogen-bond acceptors (Lipinski definition) is 4. The third kappa shape index (κ3) is 2.27. The lowest BCUT2D eigenvalue weighted by molar-refractivity contribution is 0.175. The van der Waals surface area contributed by atoms with Gasteiger partial charge in [-0.3, -0.25) is 4.90 Å². The SMILES string of the molecule is Cc1ncc(CN2CC[C@@H](O)C2)s1. The topological polar surface area (TPSA) is 36.4 Å². The molecule has 4 heteroatoms. The number of β-amino-alcohol motifs (C(OH)–C–C–N with tert-alkyl or cyclic N) is 1. The first-order chi connectivity index (χ1) is 6.24. The Morgan fingerprint density at radius 3 is 3.15 bits per heavy atom. The molecule has 0 amide bonds. The van der Waals surface area contributed by atoms with Crippen molar-refractivity contribution < 1.29 is 5.11 Å². The van der Waals surface area contributed by atoms with Gasteiger partial charge < -0.3 is 5.11 Å². The molecule has 1 aromatic heterocycles. The number of rotatable bonds is 2. The van der Waals surface area contributed by atoms with Gasteiger partial charge in [0.25, 0.3) is 0 Å². The van der Waals surface area contributed by atoms with E-state index in [4.69, 9.17) is 0 Å². The Bertz CT molecular complexity index is 287. The molecular weight excluding hydrogens is 184 g/mol. The Morgan fingerprint density at radius 1 is 1.77 bits per heavy atom. The third-order valence-corrected chi connectivity index (χ3v) is 3.19. The van der Waals surface area contributed by atoms with Crippen molar-refractivity contribution in [3.8, 4) is 0 Å². The van der Waals surface area contributed by atoms with Crippen LogP contribution in [0.2, 0.25) is 0 Å². The minimum absolute atomic E-state index is 0.117. The van der Waals surface area contributed by atoms with Crippen LogP contribution >= 0.6 is 11.3 Å². The number of aryl methyl sites for hydroxylation is 1. The van der Waals surface area contributed by atoms with E-state index in [0.717, 1.165) is 31.1 Å². The number of aliphatic hydroxyl groups excluding tert-OH is 1. The van der Waals surface area contributed by atoms with Gasteiger partial charge in [-0.05, 0) is 13.3 Å². The van der Waals surface area contributed by atoms with Gasteiger partial charge in [0.15, 0.2) is 0 Å². The normalized spacial score (nSPS) is 24.0. The van der Waals surface area contributed by atoms with Crippen LogP contribution in [-0.2, 0) is 6.54 Å². The van der Waals surface area contributed by atoms with Gasteiger partial charge in [0.1, 0.15) is 0 Å². The van der Waals surface area contributed by atoms with Gasteiger partial charge in [0, 0.05) is 30.7 Å². The van der Waals surface area contributed by atoms with Crippen LogP contribution in [0, 0.1) is 6.92 Å². The van der Waals surface area contributed by atoms with Crippen LogP contribution < -0.4 is 0 Å². The summed E-state index contributed by atoms with van der Waals surface area (Å²) in [5.41, 5.74) is 0. The number of thiazole rings is 1. The Hall–Kier alpha value is -0.450. The quantitative estimate of drug-likeness (QED) is 0.770. The lowest BCUT2D eigenvalue weighted by Gasteiger charge is -2.12. The van der Waals surface area contributed by atoms with Crippen LogP contribution in [0.4, 0.5) is 0 Å². The molecule has 3 nitrogen and oxygen atoms in total. The first-order valence-corrected chi connectivity index (χ1v) is 5.37. The minimum Gasteiger partial charge on any atom is -0.392 e. The lowest BCUT2D eigenvalue weighted by Crippen LogP contribution is -2.20. The van der Waals surface area contributed by atoms with E-state index in [9.17, 15) is 5.11 Å². The first-order valence-electron chi connectivity index (χ1n) is 4.56. The van der Waals surface area contributed by atoms with Crippen molar-refractivity contribution in [3.63, 3.8) is 0 Å². The zero-order valence-corrected chi connectivity index (χ0v) is 8.55. The van der Waals surface area contributed by atoms with E-state index >= 15 is 0 Å². The lowest BCUT2D eigenvalue weighted by atomic mass is 10.3. The largest absolute Gasteiger partial charge is 0.392 e. The van der Waals surface area contributed by atoms with Gasteiger partial charge in [-0.1, -0.05) is 0 Å². The Morgan fingerprint density at radius 2 is 2.62 bits per heavy atom. The summed E-state index contributed by atoms with van der Waals surface area (Å²) in [6.07, 6.45) is 2.73. The van der Waals surface area contributed by atoms with Crippen molar-refractivity contribution in [2.45, 2.75) is 26.0 Å². The maximum atomic E-state index is 9.33. The van der Waals surface area contributed by atoms with Crippen LogP contribution in [0.5, 0.6) is 0 Å². The zero-order valence-electron chi connectivity index (χ0n) is 7.73. The fraction of sp³-hybridized carbons (Fsp3) is 0.667. The van der Waals surface area contributed by atoms with Gasteiger partial charge in [0.2, 0.25) is 0 Å². The second kappa shape index (κ2) is 3.74. The maximum Gasteiger partial charge on any atom is 0.0897 e. The number of aliphatic hydroxyl groups is 1. The molecule has 1 aromatic rings. The van der Waals surface area contributed by atoms with Crippen molar-refractivity contribution in [3.05, 3.63) is 16.1 Å². The van der Waals surface area contributed by atoms with Crippen molar-refractivity contribution in [2.24, 2.45) is 0 Å². The molecule has 13 heavy (non-hydrogen) atoms. The second-order valence-electron chi connectivity index (χ2n) is 3.52. The third-order valence-electron chi connectivity index (χ3n) is 2.30. The number of aromatic nitrogens is 1. The monoisotopic (exact) mass is 198 g/mol. The molecule has 72 valence electrons. The summed E-state index contributed by atoms with van der Waals surface area (Å²) in [7, 11) is 0. The van der Waals surface area contributed by atoms with E-state index in [-0.39, 0.29) is 6.10 Å². The van der Waals surface area contributed by atoms with Gasteiger partial charge in [0.05, 0.1) is 11.1 Å². The molecule has 1 atom stereocenters. The van der Waals surface area contributed by atoms with Crippen molar-refractivity contribution in [1.29, 1.82) is 0 Å². The summed E-state index contributed by atoms with van der Waals surface area (Å²) in [4.78, 5) is 7.78. The standard InChI is InChI=1S/C9H14N2OS/c1-7-10-4-9(13-7)6-11-3-2-8(12)5-11/h4,8,12H,2-3,5-6H2,1H3/t8-/m1/s1. The maximum absolute atomic E-state index is 9.33. The fourth-order valence-electron chi connectivity index (χ4n) is 1.65. The van der Waals surface area contributed by atoms with Gasteiger partial charge in [-0.2, -0.15) is 0 Å². The average Bonchev–Trinajstić information content (AvgIpc) is 2.62. The van der Waals surface area contributed by atoms with Crippen LogP contribution in [0.15, 0.2) is 6.20 Å². The number of nitrogens with zero attached hydrogens (tertiary/aromatic N) is 2. The molecule has 2 heterocycles. The van der Waals surface area contributed by atoms with Crippen molar-refractivity contribution in [2.75, 3.05) is 13.1 Å². The Balaban J connectivity index is 1.91. The van der Waals surface area contributed by atoms with Gasteiger partial charge in [-0.15, -0.1) is 11.3 Å². The molecule has 1 aliphatic heterocycles. The van der Waals surface area contributed by atoms with Crippen LogP contribution in [0.3, 0.4) is 0 Å². The van der Waals surface area contributed by atoms with Gasteiger partial charge >= 0.3 is 0 Å². The van der Waals surface area contributed by atoms with Crippen molar-refractivity contribution in [1.82, 2.24) is 9.88 Å². The molecule has 0 bridgehead atoms. The summed E-state index contributed by atoms with van der Waals surface area (Å²) < 4.78 is 0. The molecule has 0 spiro atoms. The van der Waals surface area contributed by atoms with E-state index in [1.165, 1.54) is 4.88 Å². The predicted octanol–water partition coefficient (Wildman–Crippen LogP) is 1.02. The number of likely N-dealkylation sites (tertiary alicyclic amines) is 1. The van der Waals surface area contributed by atoms with Crippen molar-refractivity contribution >= 4 is 11.3 Å². The zero-order chi connectivity index (χ0) is 9.26. The van der Waals surface area contributed by atoms with Crippen LogP contribution in [0.25, 0.3) is 0 Å². The predicted molar refractivity (Wildman–Crippen MR) is 52.8 cm³/mol. The van der Waals surface area contributed by atoms with Crippen LogP contribution in [-0.4, -0.2) is 34.2 Å². The molecular formula is C9H14N2OS. The molecule has 1 fully saturated rings. The van der Waals surface area contributed by atoms with E-state index in [1.807, 2.05) is 13.1 Å². The first kappa shape index (κ1) is 9.12. The molecule has 0 saturated carbocycles. The summed E-state index contributed by atoms with van der Waals surface area (Å²) in [5, 5.41) is 10.4. The highest BCUT2D eigenvalue weighted by molar-refractivity contribution is 7.11. The minimum atomic E-state index is -0.117. The number of hydrogen-bond donors (Lipinski definition) is 1. The van der Waals surface area contributed by atoms with Crippen LogP contribution in [0.1, 0.15) is 16.3 Å². The smallest absolute Gasteiger partial charge is 0.0897 e. The fourth-order valence-corrected chi connectivity index (χ4v) is 2.49. The molecule has 1 aliphatic rings. The van der Waals surface area contributed by atoms with Gasteiger partial charge in [-0.25, -0.2) is 4.98 Å². The van der Waals surface area contributed by atoms with E-state index in [1.54, 1.807) is 11.3 Å². The molecule has 1 N–H and O–H groups in total. The Labute approximate surface area is 82.0 Å². The summed E-state index contributed by atoms with van der Waals surface area (Å²) in [6, 6.07) is 0. The molecule has 0 radical (unpaired) electrons. The highest BCUT2D eigenvalue weighted by atomic mass is 32.1. The molecule has 0 aromatic carbocycles. The van der Waals surface area contributed by atoms with E-state index < -0.39 is 0 Å². The summed E-state index contributed by atoms with van der Waals surface area (Å²) in [5.74, 6) is 0. The molecule has 1 saturated heterocycles. The highest BCUT2D eigenvalue weighted by Crippen LogP contribution is 2.17. The second-order valence-corrected chi connectivity index (χ2v) is 4.84. The summed E-state index contributed by atoms with van der Waals surface area (Å²) >= 11 is 1.74. The van der Waals surface area contributed by atoms with E-state index in [2.05, 4.69) is 9.88 Å². The highest BCUT2D eigenvalue weighted by Gasteiger charge is 2.20.